The maximum atomic E-state index is 11.6. The number of carbonyl (C=O) groups excluding carboxylic acids is 1. The highest BCUT2D eigenvalue weighted by Gasteiger charge is 2.32. The molecule has 1 atom stereocenters. The summed E-state index contributed by atoms with van der Waals surface area (Å²) in [6.45, 7) is 6.68. The van der Waals surface area contributed by atoms with E-state index in [0.29, 0.717) is 23.9 Å². The molecule has 86 valence electrons. The molecule has 0 aromatic heterocycles. The van der Waals surface area contributed by atoms with Crippen LogP contribution in [0, 0.1) is 5.92 Å². The number of nitrogens with one attached hydrogen (secondary N) is 1. The average molecular weight is 210 g/mol. The Kier molecular flexibility index (Phi) is 3.29. The van der Waals surface area contributed by atoms with Gasteiger partial charge in [0.15, 0.2) is 0 Å². The van der Waals surface area contributed by atoms with Crippen molar-refractivity contribution in [3.8, 4) is 0 Å². The summed E-state index contributed by atoms with van der Waals surface area (Å²) in [6.07, 6.45) is 4.58. The molecule has 0 bridgehead atoms. The van der Waals surface area contributed by atoms with Crippen molar-refractivity contribution in [1.29, 1.82) is 0 Å². The van der Waals surface area contributed by atoms with Crippen molar-refractivity contribution >= 4 is 5.91 Å². The molecule has 1 heterocycles. The number of rotatable bonds is 3. The Morgan fingerprint density at radius 1 is 1.33 bits per heavy atom. The zero-order valence-corrected chi connectivity index (χ0v) is 9.83. The molecule has 2 fully saturated rings. The largest absolute Gasteiger partial charge is 0.352 e. The highest BCUT2D eigenvalue weighted by molar-refractivity contribution is 5.81. The molecular weight excluding hydrogens is 188 g/mol. The molecule has 15 heavy (non-hydrogen) atoms. The van der Waals surface area contributed by atoms with Crippen LogP contribution in [0.4, 0.5) is 0 Å². The summed E-state index contributed by atoms with van der Waals surface area (Å²) in [5.74, 6) is 0.644. The first-order valence-electron chi connectivity index (χ1n) is 6.21. The van der Waals surface area contributed by atoms with E-state index in [1.807, 2.05) is 0 Å². The Morgan fingerprint density at radius 2 is 2.07 bits per heavy atom. The van der Waals surface area contributed by atoms with Crippen molar-refractivity contribution in [3.05, 3.63) is 0 Å². The van der Waals surface area contributed by atoms with E-state index in [-0.39, 0.29) is 0 Å². The summed E-state index contributed by atoms with van der Waals surface area (Å²) in [5, 5.41) is 3.19. The topological polar surface area (TPSA) is 32.3 Å². The first-order chi connectivity index (χ1) is 7.16. The molecule has 1 N–H and O–H groups in total. The molecule has 3 nitrogen and oxygen atoms in total. The third-order valence-corrected chi connectivity index (χ3v) is 3.48. The predicted molar refractivity (Wildman–Crippen MR) is 60.6 cm³/mol. The lowest BCUT2D eigenvalue weighted by Gasteiger charge is -2.35. The lowest BCUT2D eigenvalue weighted by atomic mass is 10.0. The molecule has 0 radical (unpaired) electrons. The first-order valence-corrected chi connectivity index (χ1v) is 6.21. The van der Waals surface area contributed by atoms with Crippen LogP contribution in [0.15, 0.2) is 0 Å². The number of amides is 1. The lowest BCUT2D eigenvalue weighted by Crippen LogP contribution is -2.50. The quantitative estimate of drug-likeness (QED) is 0.763. The second kappa shape index (κ2) is 4.52. The Bertz CT molecular complexity index is 236. The second-order valence-corrected chi connectivity index (χ2v) is 5.21. The van der Waals surface area contributed by atoms with Gasteiger partial charge in [0.25, 0.3) is 0 Å². The average Bonchev–Trinajstić information content (AvgIpc) is 3.01. The molecule has 1 saturated heterocycles. The Balaban J connectivity index is 1.79. The third kappa shape index (κ3) is 2.94. The normalized spacial score (nSPS) is 28.1. The van der Waals surface area contributed by atoms with Crippen LogP contribution in [0.2, 0.25) is 0 Å². The smallest absolute Gasteiger partial charge is 0.223 e. The number of carbonyl (C=O) groups is 1. The van der Waals surface area contributed by atoms with Crippen LogP contribution in [-0.2, 0) is 4.79 Å². The molecule has 0 unspecified atom stereocenters. The standard InChI is InChI=1S/C12H22N2O/c1-9(2)14-7-3-4-11(8-14)13-12(15)10-5-6-10/h9-11H,3-8H2,1-2H3,(H,13,15)/t11-/m1/s1. The number of hydrogen-bond acceptors (Lipinski definition) is 2. The molecule has 0 aromatic rings. The van der Waals surface area contributed by atoms with Crippen molar-refractivity contribution in [3.63, 3.8) is 0 Å². The van der Waals surface area contributed by atoms with Crippen LogP contribution in [0.1, 0.15) is 39.5 Å². The van der Waals surface area contributed by atoms with E-state index in [2.05, 4.69) is 24.1 Å². The molecule has 3 heteroatoms. The van der Waals surface area contributed by atoms with Gasteiger partial charge in [-0.2, -0.15) is 0 Å². The number of hydrogen-bond donors (Lipinski definition) is 1. The van der Waals surface area contributed by atoms with Gasteiger partial charge in [0.05, 0.1) is 0 Å². The van der Waals surface area contributed by atoms with Crippen molar-refractivity contribution in [1.82, 2.24) is 10.2 Å². The summed E-state index contributed by atoms with van der Waals surface area (Å²) in [4.78, 5) is 14.1. The van der Waals surface area contributed by atoms with Crippen LogP contribution < -0.4 is 5.32 Å². The van der Waals surface area contributed by atoms with E-state index in [9.17, 15) is 4.79 Å². The number of likely N-dealkylation sites (tertiary alicyclic amines) is 1. The minimum absolute atomic E-state index is 0.297. The first kappa shape index (κ1) is 10.9. The summed E-state index contributed by atoms with van der Waals surface area (Å²) < 4.78 is 0. The van der Waals surface area contributed by atoms with Gasteiger partial charge in [0.2, 0.25) is 5.91 Å². The monoisotopic (exact) mass is 210 g/mol. The van der Waals surface area contributed by atoms with Crippen LogP contribution in [0.25, 0.3) is 0 Å². The van der Waals surface area contributed by atoms with Gasteiger partial charge in [-0.1, -0.05) is 0 Å². The van der Waals surface area contributed by atoms with Crippen molar-refractivity contribution in [2.75, 3.05) is 13.1 Å². The fourth-order valence-electron chi connectivity index (χ4n) is 2.26. The van der Waals surface area contributed by atoms with Gasteiger partial charge < -0.3 is 5.32 Å². The summed E-state index contributed by atoms with van der Waals surface area (Å²) >= 11 is 0. The fraction of sp³-hybridized carbons (Fsp3) is 0.917. The maximum Gasteiger partial charge on any atom is 0.223 e. The molecule has 1 saturated carbocycles. The van der Waals surface area contributed by atoms with Crippen LogP contribution in [-0.4, -0.2) is 36.0 Å². The molecule has 2 aliphatic rings. The molecule has 1 aliphatic heterocycles. The van der Waals surface area contributed by atoms with E-state index in [0.717, 1.165) is 25.8 Å². The number of piperidine rings is 1. The van der Waals surface area contributed by atoms with Gasteiger partial charge >= 0.3 is 0 Å². The van der Waals surface area contributed by atoms with Crippen molar-refractivity contribution < 1.29 is 4.79 Å². The van der Waals surface area contributed by atoms with E-state index in [1.165, 1.54) is 13.0 Å². The van der Waals surface area contributed by atoms with Gasteiger partial charge in [-0.05, 0) is 46.1 Å². The van der Waals surface area contributed by atoms with Crippen LogP contribution >= 0.6 is 0 Å². The summed E-state index contributed by atoms with van der Waals surface area (Å²) in [6, 6.07) is 1.000. The second-order valence-electron chi connectivity index (χ2n) is 5.21. The lowest BCUT2D eigenvalue weighted by molar-refractivity contribution is -0.123. The zero-order valence-electron chi connectivity index (χ0n) is 9.83. The van der Waals surface area contributed by atoms with Crippen molar-refractivity contribution in [2.24, 2.45) is 5.92 Å². The highest BCUT2D eigenvalue weighted by Crippen LogP contribution is 2.29. The van der Waals surface area contributed by atoms with E-state index >= 15 is 0 Å². The third-order valence-electron chi connectivity index (χ3n) is 3.48. The van der Waals surface area contributed by atoms with Gasteiger partial charge in [-0.15, -0.1) is 0 Å². The molecule has 0 aromatic carbocycles. The molecule has 2 rings (SSSR count). The summed E-state index contributed by atoms with van der Waals surface area (Å²) in [5.41, 5.74) is 0. The van der Waals surface area contributed by atoms with Gasteiger partial charge in [0, 0.05) is 24.5 Å². The Hall–Kier alpha value is -0.570. The summed E-state index contributed by atoms with van der Waals surface area (Å²) in [7, 11) is 0. The fourth-order valence-corrected chi connectivity index (χ4v) is 2.26. The molecule has 0 spiro atoms. The Morgan fingerprint density at radius 3 is 2.67 bits per heavy atom. The minimum Gasteiger partial charge on any atom is -0.352 e. The molecule has 1 amide bonds. The van der Waals surface area contributed by atoms with Gasteiger partial charge in [0.1, 0.15) is 0 Å². The predicted octanol–water partition coefficient (Wildman–Crippen LogP) is 1.39. The maximum absolute atomic E-state index is 11.6. The van der Waals surface area contributed by atoms with E-state index in [4.69, 9.17) is 0 Å². The number of nitrogens with zero attached hydrogens (tertiary/aromatic N) is 1. The van der Waals surface area contributed by atoms with Crippen LogP contribution in [0.3, 0.4) is 0 Å². The van der Waals surface area contributed by atoms with Gasteiger partial charge in [-0.3, -0.25) is 9.69 Å². The zero-order chi connectivity index (χ0) is 10.8. The molecular formula is C12H22N2O. The van der Waals surface area contributed by atoms with E-state index in [1.54, 1.807) is 0 Å². The minimum atomic E-state index is 0.297. The Labute approximate surface area is 92.2 Å². The molecule has 1 aliphatic carbocycles. The van der Waals surface area contributed by atoms with E-state index < -0.39 is 0 Å². The van der Waals surface area contributed by atoms with Crippen LogP contribution in [0.5, 0.6) is 0 Å². The SMILES string of the molecule is CC(C)N1CCC[C@@H](NC(=O)C2CC2)C1. The van der Waals surface area contributed by atoms with Crippen molar-refractivity contribution in [2.45, 2.75) is 51.6 Å². The van der Waals surface area contributed by atoms with Gasteiger partial charge in [-0.25, -0.2) is 0 Å². The highest BCUT2D eigenvalue weighted by atomic mass is 16.2.